The maximum absolute atomic E-state index is 4.77. The van der Waals surface area contributed by atoms with Gasteiger partial charge in [-0.25, -0.2) is 9.97 Å². The van der Waals surface area contributed by atoms with Crippen LogP contribution >= 0.6 is 15.9 Å². The van der Waals surface area contributed by atoms with Gasteiger partial charge in [-0.1, -0.05) is 35.0 Å². The topological polar surface area (TPSA) is 37.8 Å². The van der Waals surface area contributed by atoms with E-state index in [-0.39, 0.29) is 0 Å². The number of aromatic nitrogens is 2. The van der Waals surface area contributed by atoms with Crippen LogP contribution in [0.3, 0.4) is 0 Å². The average Bonchev–Trinajstić information content (AvgIpc) is 3.32. The molecule has 1 N–H and O–H groups in total. The predicted octanol–water partition coefficient (Wildman–Crippen LogP) is 4.91. The molecule has 0 saturated heterocycles. The second-order valence-electron chi connectivity index (χ2n) is 5.67. The Morgan fingerprint density at radius 2 is 2.05 bits per heavy atom. The summed E-state index contributed by atoms with van der Waals surface area (Å²) in [6, 6.07) is 8.41. The van der Waals surface area contributed by atoms with Crippen LogP contribution in [0.15, 0.2) is 28.7 Å². The number of hydrogen-bond acceptors (Lipinski definition) is 3. The van der Waals surface area contributed by atoms with Crippen molar-refractivity contribution in [3.05, 3.63) is 40.0 Å². The van der Waals surface area contributed by atoms with Crippen molar-refractivity contribution >= 4 is 21.7 Å². The van der Waals surface area contributed by atoms with Gasteiger partial charge >= 0.3 is 0 Å². The van der Waals surface area contributed by atoms with Crippen molar-refractivity contribution in [2.45, 2.75) is 39.0 Å². The van der Waals surface area contributed by atoms with Gasteiger partial charge < -0.3 is 5.32 Å². The highest BCUT2D eigenvalue weighted by molar-refractivity contribution is 9.10. The number of aryl methyl sites for hydroxylation is 1. The highest BCUT2D eigenvalue weighted by Gasteiger charge is 2.26. The van der Waals surface area contributed by atoms with Gasteiger partial charge in [-0.15, -0.1) is 0 Å². The fourth-order valence-electron chi connectivity index (χ4n) is 2.26. The lowest BCUT2D eigenvalue weighted by Gasteiger charge is -2.10. The fraction of sp³-hybridized carbons (Fsp3) is 0.412. The van der Waals surface area contributed by atoms with E-state index in [1.807, 2.05) is 0 Å². The minimum Gasteiger partial charge on any atom is -0.370 e. The molecule has 4 heteroatoms. The third-order valence-electron chi connectivity index (χ3n) is 3.73. The lowest BCUT2D eigenvalue weighted by molar-refractivity contribution is 0.948. The van der Waals surface area contributed by atoms with E-state index < -0.39 is 0 Å². The van der Waals surface area contributed by atoms with Gasteiger partial charge in [0, 0.05) is 34.3 Å². The maximum Gasteiger partial charge on any atom is 0.161 e. The van der Waals surface area contributed by atoms with Crippen molar-refractivity contribution in [1.29, 1.82) is 0 Å². The molecule has 1 aromatic heterocycles. The smallest absolute Gasteiger partial charge is 0.161 e. The van der Waals surface area contributed by atoms with Gasteiger partial charge in [-0.2, -0.15) is 0 Å². The quantitative estimate of drug-likeness (QED) is 0.836. The molecule has 1 heterocycles. The van der Waals surface area contributed by atoms with Crippen LogP contribution in [0.25, 0.3) is 11.4 Å². The molecule has 3 rings (SSSR count). The Morgan fingerprint density at radius 3 is 2.71 bits per heavy atom. The van der Waals surface area contributed by atoms with Gasteiger partial charge in [0.15, 0.2) is 5.82 Å². The van der Waals surface area contributed by atoms with Crippen LogP contribution < -0.4 is 5.32 Å². The molecular formula is C17H20BrN3. The van der Waals surface area contributed by atoms with Crippen LogP contribution in [0.1, 0.15) is 43.4 Å². The first kappa shape index (κ1) is 14.5. The zero-order valence-corrected chi connectivity index (χ0v) is 14.1. The Hall–Kier alpha value is -1.42. The summed E-state index contributed by atoms with van der Waals surface area (Å²) in [4.78, 5) is 9.45. The Kier molecular flexibility index (Phi) is 4.24. The summed E-state index contributed by atoms with van der Waals surface area (Å²) in [5.41, 5.74) is 3.46. The molecule has 2 aromatic rings. The van der Waals surface area contributed by atoms with Gasteiger partial charge in [0.25, 0.3) is 0 Å². The molecule has 0 amide bonds. The molecule has 21 heavy (non-hydrogen) atoms. The van der Waals surface area contributed by atoms with E-state index in [0.717, 1.165) is 34.6 Å². The Bertz CT molecular complexity index is 650. The van der Waals surface area contributed by atoms with E-state index in [1.165, 1.54) is 24.1 Å². The third-order valence-corrected chi connectivity index (χ3v) is 4.58. The van der Waals surface area contributed by atoms with Gasteiger partial charge in [-0.05, 0) is 37.8 Å². The molecule has 1 fully saturated rings. The average molecular weight is 346 g/mol. The Labute approximate surface area is 134 Å². The molecule has 0 bridgehead atoms. The van der Waals surface area contributed by atoms with Crippen molar-refractivity contribution in [2.24, 2.45) is 0 Å². The highest BCUT2D eigenvalue weighted by Crippen LogP contribution is 2.40. The number of halogens is 1. The molecule has 1 aliphatic carbocycles. The molecule has 110 valence electrons. The summed E-state index contributed by atoms with van der Waals surface area (Å²) in [6.07, 6.45) is 3.59. The van der Waals surface area contributed by atoms with Crippen molar-refractivity contribution in [3.8, 4) is 11.4 Å². The van der Waals surface area contributed by atoms with Crippen LogP contribution in [0.4, 0.5) is 5.82 Å². The molecular weight excluding hydrogens is 326 g/mol. The largest absolute Gasteiger partial charge is 0.370 e. The number of benzene rings is 1. The summed E-state index contributed by atoms with van der Waals surface area (Å²) >= 11 is 3.59. The van der Waals surface area contributed by atoms with Gasteiger partial charge in [0.1, 0.15) is 5.82 Å². The van der Waals surface area contributed by atoms with Crippen LogP contribution in [-0.2, 0) is 0 Å². The van der Waals surface area contributed by atoms with E-state index in [1.54, 1.807) is 0 Å². The van der Waals surface area contributed by atoms with Crippen molar-refractivity contribution in [3.63, 3.8) is 0 Å². The standard InChI is InChI=1S/C17H20BrN3/c1-3-8-19-16-10-15(12-6-7-12)20-17(21-16)13-5-4-11(2)14(18)9-13/h4-5,9-10,12H,3,6-8H2,1-2H3,(H,19,20,21). The Morgan fingerprint density at radius 1 is 1.24 bits per heavy atom. The first-order chi connectivity index (χ1) is 10.2. The first-order valence-electron chi connectivity index (χ1n) is 7.56. The summed E-state index contributed by atoms with van der Waals surface area (Å²) in [5.74, 6) is 2.39. The van der Waals surface area contributed by atoms with Crippen LogP contribution in [0, 0.1) is 6.92 Å². The molecule has 1 aliphatic rings. The molecule has 0 aliphatic heterocycles. The lowest BCUT2D eigenvalue weighted by Crippen LogP contribution is -2.05. The minimum absolute atomic E-state index is 0.628. The number of hydrogen-bond donors (Lipinski definition) is 1. The second-order valence-corrected chi connectivity index (χ2v) is 6.52. The number of nitrogens with one attached hydrogen (secondary N) is 1. The van der Waals surface area contributed by atoms with E-state index in [9.17, 15) is 0 Å². The zero-order chi connectivity index (χ0) is 14.8. The summed E-state index contributed by atoms with van der Waals surface area (Å²) in [7, 11) is 0. The number of rotatable bonds is 5. The molecule has 0 spiro atoms. The van der Waals surface area contributed by atoms with Crippen molar-refractivity contribution < 1.29 is 0 Å². The second kappa shape index (κ2) is 6.14. The van der Waals surface area contributed by atoms with Crippen LogP contribution in [0.5, 0.6) is 0 Å². The third kappa shape index (κ3) is 3.43. The van der Waals surface area contributed by atoms with E-state index in [0.29, 0.717) is 5.92 Å². The van der Waals surface area contributed by atoms with E-state index in [2.05, 4.69) is 64.3 Å². The maximum atomic E-state index is 4.77. The molecule has 0 unspecified atom stereocenters. The van der Waals surface area contributed by atoms with Crippen LogP contribution in [0.2, 0.25) is 0 Å². The first-order valence-corrected chi connectivity index (χ1v) is 8.36. The van der Waals surface area contributed by atoms with Crippen molar-refractivity contribution in [1.82, 2.24) is 9.97 Å². The summed E-state index contributed by atoms with van der Waals surface area (Å²) < 4.78 is 1.10. The lowest BCUT2D eigenvalue weighted by atomic mass is 10.1. The predicted molar refractivity (Wildman–Crippen MR) is 90.7 cm³/mol. The van der Waals surface area contributed by atoms with Crippen molar-refractivity contribution in [2.75, 3.05) is 11.9 Å². The number of anilines is 1. The molecule has 1 aromatic carbocycles. The fourth-order valence-corrected chi connectivity index (χ4v) is 2.64. The minimum atomic E-state index is 0.628. The van der Waals surface area contributed by atoms with Gasteiger partial charge in [-0.3, -0.25) is 0 Å². The summed E-state index contributed by atoms with van der Waals surface area (Å²) in [5, 5.41) is 3.39. The van der Waals surface area contributed by atoms with Gasteiger partial charge in [0.05, 0.1) is 0 Å². The molecule has 1 saturated carbocycles. The molecule has 3 nitrogen and oxygen atoms in total. The Balaban J connectivity index is 1.99. The SMILES string of the molecule is CCCNc1cc(C2CC2)nc(-c2ccc(C)c(Br)c2)n1. The zero-order valence-electron chi connectivity index (χ0n) is 12.5. The normalized spacial score (nSPS) is 14.2. The van der Waals surface area contributed by atoms with E-state index >= 15 is 0 Å². The van der Waals surface area contributed by atoms with Gasteiger partial charge in [0.2, 0.25) is 0 Å². The highest BCUT2D eigenvalue weighted by atomic mass is 79.9. The summed E-state index contributed by atoms with van der Waals surface area (Å²) in [6.45, 7) is 5.19. The van der Waals surface area contributed by atoms with E-state index in [4.69, 9.17) is 4.98 Å². The molecule has 0 radical (unpaired) electrons. The molecule has 0 atom stereocenters. The number of nitrogens with zero attached hydrogens (tertiary/aromatic N) is 2. The monoisotopic (exact) mass is 345 g/mol. The van der Waals surface area contributed by atoms with Crippen LogP contribution in [-0.4, -0.2) is 16.5 Å².